The molecule has 0 spiro atoms. The lowest BCUT2D eigenvalue weighted by Gasteiger charge is -2.35. The van der Waals surface area contributed by atoms with Gasteiger partial charge in [-0.3, -0.25) is 0 Å². The fourth-order valence-corrected chi connectivity index (χ4v) is 3.59. The van der Waals surface area contributed by atoms with Gasteiger partial charge in [-0.15, -0.1) is 6.42 Å². The molecule has 1 N–H and O–H groups in total. The molecule has 25 heavy (non-hydrogen) atoms. The van der Waals surface area contributed by atoms with Gasteiger partial charge < -0.3 is 5.32 Å². The van der Waals surface area contributed by atoms with E-state index in [2.05, 4.69) is 70.8 Å². The van der Waals surface area contributed by atoms with E-state index in [9.17, 15) is 0 Å². The molecule has 1 aromatic rings. The van der Waals surface area contributed by atoms with Crippen LogP contribution in [-0.4, -0.2) is 0 Å². The number of aryl methyl sites for hydroxylation is 1. The molecule has 1 aliphatic heterocycles. The second kappa shape index (κ2) is 7.03. The minimum absolute atomic E-state index is 0.0785. The molecule has 2 rings (SSSR count). The Balaban J connectivity index is 2.84. The van der Waals surface area contributed by atoms with E-state index in [-0.39, 0.29) is 5.92 Å². The van der Waals surface area contributed by atoms with Crippen molar-refractivity contribution in [1.82, 2.24) is 5.32 Å². The zero-order valence-electron chi connectivity index (χ0n) is 16.0. The molecular formula is C24H27N. The predicted molar refractivity (Wildman–Crippen MR) is 109 cm³/mol. The van der Waals surface area contributed by atoms with E-state index in [0.717, 1.165) is 33.7 Å². The highest BCUT2D eigenvalue weighted by Gasteiger charge is 2.31. The van der Waals surface area contributed by atoms with E-state index in [4.69, 9.17) is 6.42 Å². The van der Waals surface area contributed by atoms with Crippen LogP contribution in [0.2, 0.25) is 0 Å². The normalized spacial score (nSPS) is 17.0. The maximum atomic E-state index is 5.56. The zero-order chi connectivity index (χ0) is 18.9. The Labute approximate surface area is 152 Å². The summed E-state index contributed by atoms with van der Waals surface area (Å²) < 4.78 is 0. The van der Waals surface area contributed by atoms with E-state index in [1.165, 1.54) is 22.3 Å². The number of allylic oxidation sites excluding steroid dienone is 6. The molecule has 1 nitrogen and oxygen atoms in total. The van der Waals surface area contributed by atoms with Gasteiger partial charge in [0.05, 0.1) is 0 Å². The lowest BCUT2D eigenvalue weighted by atomic mass is 9.74. The first-order valence-electron chi connectivity index (χ1n) is 8.45. The average Bonchev–Trinajstić information content (AvgIpc) is 2.52. The first kappa shape index (κ1) is 18.6. The van der Waals surface area contributed by atoms with Crippen molar-refractivity contribution >= 4 is 0 Å². The summed E-state index contributed by atoms with van der Waals surface area (Å²) in [5, 5.41) is 3.53. The molecule has 0 fully saturated rings. The van der Waals surface area contributed by atoms with Crippen LogP contribution in [-0.2, 0) is 0 Å². The fraction of sp³-hybridized carbons (Fsp3) is 0.250. The van der Waals surface area contributed by atoms with Gasteiger partial charge >= 0.3 is 0 Å². The van der Waals surface area contributed by atoms with Crippen LogP contribution in [0.25, 0.3) is 0 Å². The summed E-state index contributed by atoms with van der Waals surface area (Å²) in [7, 11) is 0. The van der Waals surface area contributed by atoms with Gasteiger partial charge in [-0.25, -0.2) is 0 Å². The third kappa shape index (κ3) is 3.39. The molecule has 1 atom stereocenters. The molecule has 1 aromatic carbocycles. The topological polar surface area (TPSA) is 12.0 Å². The molecule has 0 saturated heterocycles. The Hall–Kier alpha value is -2.72. The molecule has 0 aromatic heterocycles. The number of hydrogen-bond donors (Lipinski definition) is 1. The van der Waals surface area contributed by atoms with E-state index in [1.807, 2.05) is 13.0 Å². The van der Waals surface area contributed by atoms with Crippen LogP contribution < -0.4 is 5.32 Å². The van der Waals surface area contributed by atoms with Crippen molar-refractivity contribution in [3.8, 4) is 12.3 Å². The van der Waals surface area contributed by atoms with Crippen molar-refractivity contribution in [2.75, 3.05) is 0 Å². The zero-order valence-corrected chi connectivity index (χ0v) is 16.0. The monoisotopic (exact) mass is 329 g/mol. The van der Waals surface area contributed by atoms with Crippen molar-refractivity contribution in [2.45, 2.75) is 40.5 Å². The highest BCUT2D eigenvalue weighted by atomic mass is 14.9. The highest BCUT2D eigenvalue weighted by Crippen LogP contribution is 2.45. The Morgan fingerprint density at radius 1 is 1.00 bits per heavy atom. The molecule has 128 valence electrons. The summed E-state index contributed by atoms with van der Waals surface area (Å²) in [5.74, 6) is 2.79. The van der Waals surface area contributed by atoms with Crippen molar-refractivity contribution in [3.63, 3.8) is 0 Å². The molecule has 1 heterocycles. The SMILES string of the molecule is C#Cc1ccc(C2C(C(=C)C)=C(C)NC(C(=C)C)=C2C(=C)C)c(C)c1. The summed E-state index contributed by atoms with van der Waals surface area (Å²) in [5.41, 5.74) is 10.9. The standard InChI is InChI=1S/C24H27N/c1-10-19-11-12-20(17(8)13-19)23-21(14(2)3)18(9)25-24(16(6)7)22(23)15(4)5/h1,11-13,23,25H,2,4,6H2,3,5,7-9H3. The van der Waals surface area contributed by atoms with Crippen molar-refractivity contribution < 1.29 is 0 Å². The summed E-state index contributed by atoms with van der Waals surface area (Å²) >= 11 is 0. The van der Waals surface area contributed by atoms with E-state index < -0.39 is 0 Å². The maximum Gasteiger partial charge on any atom is 0.0450 e. The fourth-order valence-electron chi connectivity index (χ4n) is 3.59. The number of terminal acetylenes is 1. The quantitative estimate of drug-likeness (QED) is 0.676. The molecule has 1 heteroatoms. The second-order valence-electron chi connectivity index (χ2n) is 6.94. The van der Waals surface area contributed by atoms with Crippen LogP contribution in [0.4, 0.5) is 0 Å². The number of hydrogen-bond acceptors (Lipinski definition) is 1. The maximum absolute atomic E-state index is 5.56. The second-order valence-corrected chi connectivity index (χ2v) is 6.94. The molecule has 0 radical (unpaired) electrons. The van der Waals surface area contributed by atoms with Crippen LogP contribution in [0.15, 0.2) is 77.2 Å². The van der Waals surface area contributed by atoms with Gasteiger partial charge in [-0.2, -0.15) is 0 Å². The Morgan fingerprint density at radius 2 is 1.60 bits per heavy atom. The third-order valence-corrected chi connectivity index (χ3v) is 4.66. The van der Waals surface area contributed by atoms with Crippen LogP contribution >= 0.6 is 0 Å². The lowest BCUT2D eigenvalue weighted by Crippen LogP contribution is -2.27. The van der Waals surface area contributed by atoms with Gasteiger partial charge in [-0.1, -0.05) is 42.9 Å². The summed E-state index contributed by atoms with van der Waals surface area (Å²) in [6, 6.07) is 6.21. The highest BCUT2D eigenvalue weighted by molar-refractivity contribution is 5.61. The van der Waals surface area contributed by atoms with Crippen molar-refractivity contribution in [2.24, 2.45) is 0 Å². The van der Waals surface area contributed by atoms with Crippen molar-refractivity contribution in [1.29, 1.82) is 0 Å². The third-order valence-electron chi connectivity index (χ3n) is 4.66. The molecule has 0 aliphatic carbocycles. The molecule has 0 saturated carbocycles. The van der Waals surface area contributed by atoms with Gasteiger partial charge in [0, 0.05) is 22.9 Å². The number of rotatable bonds is 4. The summed E-state index contributed by atoms with van der Waals surface area (Å²) in [4.78, 5) is 0. The molecule has 1 unspecified atom stereocenters. The molecule has 0 amide bonds. The van der Waals surface area contributed by atoms with Crippen LogP contribution in [0.3, 0.4) is 0 Å². The summed E-state index contributed by atoms with van der Waals surface area (Å²) in [6.07, 6.45) is 5.56. The molecule has 0 bridgehead atoms. The molecule has 1 aliphatic rings. The van der Waals surface area contributed by atoms with Gasteiger partial charge in [0.15, 0.2) is 0 Å². The van der Waals surface area contributed by atoms with Crippen LogP contribution in [0.1, 0.15) is 50.3 Å². The first-order chi connectivity index (χ1) is 11.7. The minimum atomic E-state index is 0.0785. The van der Waals surface area contributed by atoms with E-state index >= 15 is 0 Å². The van der Waals surface area contributed by atoms with Crippen LogP contribution in [0.5, 0.6) is 0 Å². The number of benzene rings is 1. The summed E-state index contributed by atoms with van der Waals surface area (Å²) in [6.45, 7) is 23.0. The minimum Gasteiger partial charge on any atom is -0.358 e. The van der Waals surface area contributed by atoms with Gasteiger partial charge in [-0.05, 0) is 74.6 Å². The molecular weight excluding hydrogens is 302 g/mol. The van der Waals surface area contributed by atoms with E-state index in [1.54, 1.807) is 0 Å². The number of nitrogens with one attached hydrogen (secondary N) is 1. The Kier molecular flexibility index (Phi) is 5.24. The lowest BCUT2D eigenvalue weighted by molar-refractivity contribution is 0.790. The predicted octanol–water partition coefficient (Wildman–Crippen LogP) is 5.92. The Bertz CT molecular complexity index is 881. The van der Waals surface area contributed by atoms with Crippen molar-refractivity contribution in [3.05, 3.63) is 93.9 Å². The van der Waals surface area contributed by atoms with Gasteiger partial charge in [0.1, 0.15) is 0 Å². The van der Waals surface area contributed by atoms with E-state index in [0.29, 0.717) is 0 Å². The first-order valence-corrected chi connectivity index (χ1v) is 8.45. The number of dihydropyridines is 1. The van der Waals surface area contributed by atoms with Gasteiger partial charge in [0.2, 0.25) is 0 Å². The Morgan fingerprint density at radius 3 is 2.04 bits per heavy atom. The van der Waals surface area contributed by atoms with Gasteiger partial charge in [0.25, 0.3) is 0 Å². The largest absolute Gasteiger partial charge is 0.358 e. The van der Waals surface area contributed by atoms with Crippen LogP contribution in [0, 0.1) is 19.3 Å². The smallest absolute Gasteiger partial charge is 0.0450 e. The average molecular weight is 329 g/mol.